The fourth-order valence-corrected chi connectivity index (χ4v) is 1.60. The topological polar surface area (TPSA) is 80.7 Å². The van der Waals surface area contributed by atoms with Gasteiger partial charge in [-0.3, -0.25) is 4.55 Å². The van der Waals surface area contributed by atoms with Crippen LogP contribution in [0.4, 0.5) is 8.78 Å². The Balaban J connectivity index is 4.98. The van der Waals surface area contributed by atoms with Crippen molar-refractivity contribution in [1.82, 2.24) is 0 Å². The van der Waals surface area contributed by atoms with Crippen molar-refractivity contribution < 1.29 is 31.3 Å². The highest BCUT2D eigenvalue weighted by atomic mass is 32.2. The van der Waals surface area contributed by atoms with Crippen molar-refractivity contribution in [1.29, 1.82) is 0 Å². The SMILES string of the molecule is CC(C)C(OC(=O)C(F)(F)S(=O)(=O)O)C(C)C. The quantitative estimate of drug-likeness (QED) is 0.609. The average Bonchev–Trinajstić information content (AvgIpc) is 2.10. The lowest BCUT2D eigenvalue weighted by Gasteiger charge is -2.26. The second-order valence-electron chi connectivity index (χ2n) is 4.35. The summed E-state index contributed by atoms with van der Waals surface area (Å²) in [5.74, 6) is -2.76. The van der Waals surface area contributed by atoms with E-state index in [0.717, 1.165) is 0 Å². The van der Waals surface area contributed by atoms with Crippen LogP contribution in [0.1, 0.15) is 27.7 Å². The van der Waals surface area contributed by atoms with Crippen LogP contribution in [0.25, 0.3) is 0 Å². The monoisotopic (exact) mass is 274 g/mol. The molecule has 0 saturated heterocycles. The van der Waals surface area contributed by atoms with Crippen LogP contribution >= 0.6 is 0 Å². The van der Waals surface area contributed by atoms with E-state index in [1.807, 2.05) is 0 Å². The van der Waals surface area contributed by atoms with Crippen LogP contribution in [0, 0.1) is 11.8 Å². The average molecular weight is 274 g/mol. The zero-order chi connectivity index (χ0) is 14.0. The van der Waals surface area contributed by atoms with Crippen molar-refractivity contribution in [3.05, 3.63) is 0 Å². The van der Waals surface area contributed by atoms with E-state index in [1.54, 1.807) is 27.7 Å². The van der Waals surface area contributed by atoms with Crippen LogP contribution in [0.5, 0.6) is 0 Å². The van der Waals surface area contributed by atoms with E-state index in [0.29, 0.717) is 0 Å². The molecule has 0 aliphatic heterocycles. The molecule has 0 aromatic rings. The molecule has 0 heterocycles. The number of esters is 1. The molecule has 0 aliphatic rings. The van der Waals surface area contributed by atoms with E-state index < -0.39 is 27.4 Å². The van der Waals surface area contributed by atoms with Gasteiger partial charge in [0, 0.05) is 0 Å². The minimum Gasteiger partial charge on any atom is -0.456 e. The number of carbonyl (C=O) groups excluding carboxylic acids is 1. The van der Waals surface area contributed by atoms with Crippen molar-refractivity contribution in [3.63, 3.8) is 0 Å². The normalized spacial score (nSPS) is 13.5. The molecule has 0 aliphatic carbocycles. The molecule has 0 rings (SSSR count). The van der Waals surface area contributed by atoms with Gasteiger partial charge in [0.25, 0.3) is 0 Å². The van der Waals surface area contributed by atoms with Crippen molar-refractivity contribution in [2.45, 2.75) is 39.1 Å². The Morgan fingerprint density at radius 2 is 1.53 bits per heavy atom. The van der Waals surface area contributed by atoms with Gasteiger partial charge in [-0.2, -0.15) is 17.2 Å². The van der Waals surface area contributed by atoms with Gasteiger partial charge in [-0.25, -0.2) is 4.79 Å². The molecule has 1 N–H and O–H groups in total. The van der Waals surface area contributed by atoms with Crippen molar-refractivity contribution in [2.75, 3.05) is 0 Å². The van der Waals surface area contributed by atoms with E-state index in [2.05, 4.69) is 4.74 Å². The third-order valence-electron chi connectivity index (χ3n) is 2.12. The maximum atomic E-state index is 12.9. The van der Waals surface area contributed by atoms with E-state index >= 15 is 0 Å². The molecule has 0 unspecified atom stereocenters. The molecule has 5 nitrogen and oxygen atoms in total. The number of alkyl halides is 2. The second-order valence-corrected chi connectivity index (χ2v) is 5.81. The molecule has 0 aromatic carbocycles. The third kappa shape index (κ3) is 3.88. The fraction of sp³-hybridized carbons (Fsp3) is 0.889. The summed E-state index contributed by atoms with van der Waals surface area (Å²) in [5, 5.41) is -4.94. The molecule has 0 aromatic heterocycles. The smallest absolute Gasteiger partial charge is 0.456 e. The fourth-order valence-electron chi connectivity index (χ4n) is 1.34. The number of halogens is 2. The first-order valence-electron chi connectivity index (χ1n) is 4.97. The van der Waals surface area contributed by atoms with E-state index in [9.17, 15) is 22.0 Å². The Morgan fingerprint density at radius 1 is 1.18 bits per heavy atom. The van der Waals surface area contributed by atoms with Gasteiger partial charge in [0.05, 0.1) is 0 Å². The van der Waals surface area contributed by atoms with Gasteiger partial charge in [-0.1, -0.05) is 27.7 Å². The van der Waals surface area contributed by atoms with Crippen molar-refractivity contribution >= 4 is 16.1 Å². The van der Waals surface area contributed by atoms with Gasteiger partial charge in [-0.05, 0) is 11.8 Å². The largest absolute Gasteiger partial charge is 0.465 e. The summed E-state index contributed by atoms with van der Waals surface area (Å²) < 4.78 is 59.1. The Labute approximate surface area is 98.9 Å². The first-order valence-corrected chi connectivity index (χ1v) is 6.41. The summed E-state index contributed by atoms with van der Waals surface area (Å²) in [6.07, 6.45) is -0.852. The minimum atomic E-state index is -5.81. The lowest BCUT2D eigenvalue weighted by Crippen LogP contribution is -2.42. The van der Waals surface area contributed by atoms with Gasteiger partial charge >= 0.3 is 21.3 Å². The molecule has 8 heteroatoms. The first-order chi connectivity index (χ1) is 7.41. The van der Waals surface area contributed by atoms with Gasteiger partial charge in [-0.15, -0.1) is 0 Å². The highest BCUT2D eigenvalue weighted by Crippen LogP contribution is 2.26. The zero-order valence-corrected chi connectivity index (χ0v) is 10.8. The zero-order valence-electron chi connectivity index (χ0n) is 9.98. The number of hydrogen-bond donors (Lipinski definition) is 1. The Morgan fingerprint density at radius 3 is 1.76 bits per heavy atom. The maximum Gasteiger partial charge on any atom is 0.465 e. The summed E-state index contributed by atoms with van der Waals surface area (Å²) in [5.41, 5.74) is 0. The molecule has 0 spiro atoms. The van der Waals surface area contributed by atoms with E-state index in [1.165, 1.54) is 0 Å². The molecular weight excluding hydrogens is 258 g/mol. The standard InChI is InChI=1S/C9H16F2O5S/c1-5(2)7(6(3)4)16-8(12)9(10,11)17(13,14)15/h5-7H,1-4H3,(H,13,14,15). The maximum absolute atomic E-state index is 12.9. The van der Waals surface area contributed by atoms with E-state index in [4.69, 9.17) is 4.55 Å². The van der Waals surface area contributed by atoms with Crippen molar-refractivity contribution in [3.8, 4) is 0 Å². The first kappa shape index (κ1) is 16.2. The Kier molecular flexibility index (Phi) is 5.02. The minimum absolute atomic E-state index is 0.254. The predicted molar refractivity (Wildman–Crippen MR) is 56.1 cm³/mol. The lowest BCUT2D eigenvalue weighted by atomic mass is 9.96. The van der Waals surface area contributed by atoms with Gasteiger partial charge < -0.3 is 4.74 Å². The third-order valence-corrected chi connectivity index (χ3v) is 2.93. The molecule has 102 valence electrons. The van der Waals surface area contributed by atoms with Crippen LogP contribution in [-0.2, 0) is 19.6 Å². The van der Waals surface area contributed by atoms with Crippen LogP contribution < -0.4 is 0 Å². The number of carbonyl (C=O) groups is 1. The van der Waals surface area contributed by atoms with Crippen LogP contribution in [0.3, 0.4) is 0 Å². The molecular formula is C9H16F2O5S. The summed E-state index contributed by atoms with van der Waals surface area (Å²) >= 11 is 0. The summed E-state index contributed by atoms with van der Waals surface area (Å²) in [4.78, 5) is 11.0. The number of rotatable bonds is 5. The van der Waals surface area contributed by atoms with Gasteiger partial charge in [0.2, 0.25) is 0 Å². The highest BCUT2D eigenvalue weighted by molar-refractivity contribution is 7.87. The molecule has 0 atom stereocenters. The van der Waals surface area contributed by atoms with Gasteiger partial charge in [0.15, 0.2) is 0 Å². The Bertz CT molecular complexity index is 367. The lowest BCUT2D eigenvalue weighted by molar-refractivity contribution is -0.172. The molecule has 0 radical (unpaired) electrons. The summed E-state index contributed by atoms with van der Waals surface area (Å²) in [6.45, 7) is 6.57. The van der Waals surface area contributed by atoms with E-state index in [-0.39, 0.29) is 11.8 Å². The number of hydrogen-bond acceptors (Lipinski definition) is 4. The molecule has 0 bridgehead atoms. The molecule has 0 saturated carbocycles. The highest BCUT2D eigenvalue weighted by Gasteiger charge is 2.55. The van der Waals surface area contributed by atoms with Crippen LogP contribution in [0.2, 0.25) is 0 Å². The molecule has 17 heavy (non-hydrogen) atoms. The van der Waals surface area contributed by atoms with Gasteiger partial charge in [0.1, 0.15) is 6.10 Å². The van der Waals surface area contributed by atoms with Crippen LogP contribution in [-0.4, -0.2) is 30.3 Å². The van der Waals surface area contributed by atoms with Crippen molar-refractivity contribution in [2.24, 2.45) is 11.8 Å². The van der Waals surface area contributed by atoms with Crippen LogP contribution in [0.15, 0.2) is 0 Å². The molecule has 0 fully saturated rings. The molecule has 0 amide bonds. The predicted octanol–water partition coefficient (Wildman–Crippen LogP) is 1.69. The summed E-state index contributed by atoms with van der Waals surface area (Å²) in [7, 11) is -5.81. The second kappa shape index (κ2) is 5.26. The summed E-state index contributed by atoms with van der Waals surface area (Å²) in [6, 6.07) is 0. The number of ether oxygens (including phenoxy) is 1. The Hall–Kier alpha value is -0.760.